The van der Waals surface area contributed by atoms with Gasteiger partial charge in [0.05, 0.1) is 11.3 Å². The zero-order valence-corrected chi connectivity index (χ0v) is 11.0. The highest BCUT2D eigenvalue weighted by atomic mass is 19.1. The smallest absolute Gasteiger partial charge is 0.257 e. The molecule has 0 spiro atoms. The lowest BCUT2D eigenvalue weighted by Crippen LogP contribution is -2.14. The number of hydrogen-bond donors (Lipinski definition) is 2. The zero-order chi connectivity index (χ0) is 14.8. The van der Waals surface area contributed by atoms with Crippen molar-refractivity contribution in [3.8, 4) is 0 Å². The molecule has 0 saturated heterocycles. The molecule has 0 saturated carbocycles. The number of nitrogen functional groups attached to an aromatic ring is 1. The molecule has 5 heteroatoms. The standard InChI is InChI=1S/C16H12FN3O/c17-13-7-3-4-8-14(13)20-16(21)12-9-19-15(18)11-6-2-1-5-10(11)12/h1-9H,(H2,18,19)(H,20,21). The van der Waals surface area contributed by atoms with Gasteiger partial charge in [-0.05, 0) is 17.5 Å². The molecule has 4 nitrogen and oxygen atoms in total. The van der Waals surface area contributed by atoms with Crippen LogP contribution >= 0.6 is 0 Å². The normalized spacial score (nSPS) is 10.5. The molecule has 1 heterocycles. The Labute approximate surface area is 120 Å². The second kappa shape index (κ2) is 5.20. The molecular formula is C16H12FN3O. The topological polar surface area (TPSA) is 68.0 Å². The van der Waals surface area contributed by atoms with Crippen molar-refractivity contribution < 1.29 is 9.18 Å². The van der Waals surface area contributed by atoms with Crippen molar-refractivity contribution in [2.45, 2.75) is 0 Å². The monoisotopic (exact) mass is 281 g/mol. The van der Waals surface area contributed by atoms with E-state index in [1.807, 2.05) is 12.1 Å². The predicted octanol–water partition coefficient (Wildman–Crippen LogP) is 3.21. The summed E-state index contributed by atoms with van der Waals surface area (Å²) in [5, 5.41) is 3.92. The molecule has 0 aliphatic heterocycles. The van der Waals surface area contributed by atoms with E-state index in [0.29, 0.717) is 22.2 Å². The second-order valence-corrected chi connectivity index (χ2v) is 4.54. The van der Waals surface area contributed by atoms with Gasteiger partial charge in [-0.15, -0.1) is 0 Å². The van der Waals surface area contributed by atoms with Crippen LogP contribution in [-0.2, 0) is 0 Å². The summed E-state index contributed by atoms with van der Waals surface area (Å²) < 4.78 is 13.6. The third-order valence-electron chi connectivity index (χ3n) is 3.19. The van der Waals surface area contributed by atoms with Gasteiger partial charge in [-0.1, -0.05) is 36.4 Å². The Kier molecular flexibility index (Phi) is 3.23. The Morgan fingerprint density at radius 1 is 1.05 bits per heavy atom. The highest BCUT2D eigenvalue weighted by Gasteiger charge is 2.13. The Hall–Kier alpha value is -2.95. The molecule has 21 heavy (non-hydrogen) atoms. The van der Waals surface area contributed by atoms with E-state index in [9.17, 15) is 9.18 Å². The number of hydrogen-bond acceptors (Lipinski definition) is 3. The van der Waals surface area contributed by atoms with Crippen LogP contribution in [0.1, 0.15) is 10.4 Å². The van der Waals surface area contributed by atoms with E-state index >= 15 is 0 Å². The van der Waals surface area contributed by atoms with Crippen LogP contribution in [0.25, 0.3) is 10.8 Å². The van der Waals surface area contributed by atoms with Crippen LogP contribution in [0.3, 0.4) is 0 Å². The summed E-state index contributed by atoms with van der Waals surface area (Å²) in [6.45, 7) is 0. The lowest BCUT2D eigenvalue weighted by atomic mass is 10.1. The Morgan fingerprint density at radius 3 is 2.48 bits per heavy atom. The van der Waals surface area contributed by atoms with Gasteiger partial charge in [0.2, 0.25) is 0 Å². The first kappa shape index (κ1) is 13.1. The first-order valence-corrected chi connectivity index (χ1v) is 6.36. The fourth-order valence-electron chi connectivity index (χ4n) is 2.15. The van der Waals surface area contributed by atoms with Crippen molar-refractivity contribution in [1.82, 2.24) is 4.98 Å². The minimum absolute atomic E-state index is 0.128. The molecule has 0 unspecified atom stereocenters. The van der Waals surface area contributed by atoms with Gasteiger partial charge in [0.15, 0.2) is 0 Å². The summed E-state index contributed by atoms with van der Waals surface area (Å²) in [5.74, 6) is -0.560. The number of carbonyl (C=O) groups is 1. The molecule has 0 fully saturated rings. The number of pyridine rings is 1. The Bertz CT molecular complexity index is 833. The molecule has 0 aliphatic carbocycles. The van der Waals surface area contributed by atoms with Gasteiger partial charge in [0.1, 0.15) is 11.6 Å². The average Bonchev–Trinajstić information content (AvgIpc) is 2.50. The van der Waals surface area contributed by atoms with Crippen LogP contribution in [0, 0.1) is 5.82 Å². The first-order chi connectivity index (χ1) is 10.2. The molecule has 1 amide bonds. The fraction of sp³-hybridized carbons (Fsp3) is 0. The van der Waals surface area contributed by atoms with Crippen molar-refractivity contribution >= 4 is 28.2 Å². The molecule has 0 bridgehead atoms. The average molecular weight is 281 g/mol. The number of nitrogens with zero attached hydrogens (tertiary/aromatic N) is 1. The highest BCUT2D eigenvalue weighted by molar-refractivity contribution is 6.14. The van der Waals surface area contributed by atoms with Gasteiger partial charge in [-0.25, -0.2) is 9.37 Å². The van der Waals surface area contributed by atoms with E-state index in [1.165, 1.54) is 18.3 Å². The third-order valence-corrected chi connectivity index (χ3v) is 3.19. The van der Waals surface area contributed by atoms with Gasteiger partial charge >= 0.3 is 0 Å². The molecule has 0 radical (unpaired) electrons. The number of halogens is 1. The molecule has 3 aromatic rings. The van der Waals surface area contributed by atoms with Gasteiger partial charge in [0.25, 0.3) is 5.91 Å². The molecule has 3 N–H and O–H groups in total. The number of amides is 1. The third kappa shape index (κ3) is 2.41. The van der Waals surface area contributed by atoms with E-state index in [0.717, 1.165) is 0 Å². The van der Waals surface area contributed by atoms with Crippen LogP contribution in [0.2, 0.25) is 0 Å². The van der Waals surface area contributed by atoms with E-state index < -0.39 is 11.7 Å². The molecule has 1 aromatic heterocycles. The van der Waals surface area contributed by atoms with Crippen molar-refractivity contribution in [2.24, 2.45) is 0 Å². The summed E-state index contributed by atoms with van der Waals surface area (Å²) in [7, 11) is 0. The number of anilines is 2. The van der Waals surface area contributed by atoms with Gasteiger partial charge in [-0.3, -0.25) is 4.79 Å². The number of para-hydroxylation sites is 1. The lowest BCUT2D eigenvalue weighted by molar-refractivity contribution is 0.102. The van der Waals surface area contributed by atoms with E-state index in [1.54, 1.807) is 24.3 Å². The minimum atomic E-state index is -0.487. The first-order valence-electron chi connectivity index (χ1n) is 6.36. The zero-order valence-electron chi connectivity index (χ0n) is 11.0. The number of aromatic nitrogens is 1. The minimum Gasteiger partial charge on any atom is -0.383 e. The molecule has 3 rings (SSSR count). The van der Waals surface area contributed by atoms with Crippen LogP contribution in [0.5, 0.6) is 0 Å². The van der Waals surface area contributed by atoms with Crippen LogP contribution < -0.4 is 11.1 Å². The van der Waals surface area contributed by atoms with Gasteiger partial charge < -0.3 is 11.1 Å². The summed E-state index contributed by atoms with van der Waals surface area (Å²) in [4.78, 5) is 16.3. The fourth-order valence-corrected chi connectivity index (χ4v) is 2.15. The van der Waals surface area contributed by atoms with Gasteiger partial charge in [0, 0.05) is 11.6 Å². The summed E-state index contributed by atoms with van der Waals surface area (Å²) in [5.41, 5.74) is 6.28. The number of nitrogens with one attached hydrogen (secondary N) is 1. The number of carbonyl (C=O) groups excluding carboxylic acids is 1. The Balaban J connectivity index is 2.03. The lowest BCUT2D eigenvalue weighted by Gasteiger charge is -2.09. The van der Waals surface area contributed by atoms with E-state index in [4.69, 9.17) is 5.73 Å². The summed E-state index contributed by atoms with van der Waals surface area (Å²) >= 11 is 0. The SMILES string of the molecule is Nc1ncc(C(=O)Nc2ccccc2F)c2ccccc12. The quantitative estimate of drug-likeness (QED) is 0.758. The maximum atomic E-state index is 13.6. The molecule has 104 valence electrons. The van der Waals surface area contributed by atoms with E-state index in [-0.39, 0.29) is 5.69 Å². The van der Waals surface area contributed by atoms with Crippen LogP contribution in [0.4, 0.5) is 15.9 Å². The number of nitrogens with two attached hydrogens (primary N) is 1. The number of benzene rings is 2. The molecule has 2 aromatic carbocycles. The van der Waals surface area contributed by atoms with Crippen LogP contribution in [0.15, 0.2) is 54.7 Å². The number of rotatable bonds is 2. The van der Waals surface area contributed by atoms with Crippen molar-refractivity contribution in [1.29, 1.82) is 0 Å². The molecule has 0 aliphatic rings. The largest absolute Gasteiger partial charge is 0.383 e. The summed E-state index contributed by atoms with van der Waals surface area (Å²) in [6, 6.07) is 13.2. The maximum absolute atomic E-state index is 13.6. The van der Waals surface area contributed by atoms with Crippen molar-refractivity contribution in [3.05, 3.63) is 66.1 Å². The van der Waals surface area contributed by atoms with Crippen molar-refractivity contribution in [2.75, 3.05) is 11.1 Å². The Morgan fingerprint density at radius 2 is 1.71 bits per heavy atom. The second-order valence-electron chi connectivity index (χ2n) is 4.54. The van der Waals surface area contributed by atoms with Gasteiger partial charge in [-0.2, -0.15) is 0 Å². The predicted molar refractivity (Wildman–Crippen MR) is 80.5 cm³/mol. The molecular weight excluding hydrogens is 269 g/mol. The summed E-state index contributed by atoms with van der Waals surface area (Å²) in [6.07, 6.45) is 1.40. The highest BCUT2D eigenvalue weighted by Crippen LogP contribution is 2.23. The maximum Gasteiger partial charge on any atom is 0.257 e. The van der Waals surface area contributed by atoms with Crippen molar-refractivity contribution in [3.63, 3.8) is 0 Å². The molecule has 0 atom stereocenters. The number of fused-ring (bicyclic) bond motifs is 1. The van der Waals surface area contributed by atoms with E-state index in [2.05, 4.69) is 10.3 Å². The van der Waals surface area contributed by atoms with Crippen LogP contribution in [-0.4, -0.2) is 10.9 Å².